The molecule has 25 heavy (non-hydrogen) atoms. The number of amides is 2. The summed E-state index contributed by atoms with van der Waals surface area (Å²) in [5, 5.41) is 24.7. The van der Waals surface area contributed by atoms with Crippen LogP contribution in [0.15, 0.2) is 0 Å². The number of carbonyl (C=O) groups excluding carboxylic acids is 2. The zero-order valence-electron chi connectivity index (χ0n) is 16.0. The molecule has 2 amide bonds. The average Bonchev–Trinajstić information content (AvgIpc) is 2.52. The number of rotatable bonds is 11. The van der Waals surface area contributed by atoms with E-state index >= 15 is 0 Å². The van der Waals surface area contributed by atoms with Gasteiger partial charge >= 0.3 is 0 Å². The van der Waals surface area contributed by atoms with Gasteiger partial charge in [0.05, 0.1) is 12.2 Å². The van der Waals surface area contributed by atoms with Crippen molar-refractivity contribution < 1.29 is 19.8 Å². The van der Waals surface area contributed by atoms with E-state index in [0.29, 0.717) is 19.5 Å². The Labute approximate surface area is 151 Å². The first-order valence-electron chi connectivity index (χ1n) is 9.43. The highest BCUT2D eigenvalue weighted by atomic mass is 16.3. The zero-order valence-corrected chi connectivity index (χ0v) is 16.0. The van der Waals surface area contributed by atoms with Gasteiger partial charge in [0.2, 0.25) is 11.8 Å². The molecule has 0 aromatic heterocycles. The average molecular weight is 357 g/mol. The summed E-state index contributed by atoms with van der Waals surface area (Å²) in [7, 11) is 0. The lowest BCUT2D eigenvalue weighted by Crippen LogP contribution is -2.63. The van der Waals surface area contributed by atoms with Crippen LogP contribution >= 0.6 is 0 Å². The van der Waals surface area contributed by atoms with Gasteiger partial charge in [-0.05, 0) is 45.6 Å². The summed E-state index contributed by atoms with van der Waals surface area (Å²) >= 11 is 0. The van der Waals surface area contributed by atoms with Crippen LogP contribution in [-0.4, -0.2) is 70.9 Å². The van der Waals surface area contributed by atoms with E-state index < -0.39 is 24.3 Å². The van der Waals surface area contributed by atoms with Gasteiger partial charge in [0.25, 0.3) is 0 Å². The molecular formula is C18H35N3O4. The number of nitrogens with zero attached hydrogens (tertiary/aromatic N) is 1. The summed E-state index contributed by atoms with van der Waals surface area (Å²) in [4.78, 5) is 26.4. The summed E-state index contributed by atoms with van der Waals surface area (Å²) in [6.07, 6.45) is 2.18. The Morgan fingerprint density at radius 3 is 2.12 bits per heavy atom. The SMILES string of the molecule is CCC(C)C1NC(=O)C(CCCCN(CC(C)O)CC(C)O)NC1=O. The van der Waals surface area contributed by atoms with E-state index in [9.17, 15) is 19.8 Å². The van der Waals surface area contributed by atoms with Crippen molar-refractivity contribution >= 4 is 11.8 Å². The van der Waals surface area contributed by atoms with Crippen LogP contribution < -0.4 is 10.6 Å². The van der Waals surface area contributed by atoms with Crippen molar-refractivity contribution in [2.75, 3.05) is 19.6 Å². The van der Waals surface area contributed by atoms with E-state index in [1.54, 1.807) is 13.8 Å². The van der Waals surface area contributed by atoms with Gasteiger partial charge < -0.3 is 20.8 Å². The van der Waals surface area contributed by atoms with Crippen molar-refractivity contribution in [3.05, 3.63) is 0 Å². The second kappa shape index (κ2) is 10.7. The predicted octanol–water partition coefficient (Wildman–Crippen LogP) is 0.250. The van der Waals surface area contributed by atoms with Crippen molar-refractivity contribution in [3.8, 4) is 0 Å². The van der Waals surface area contributed by atoms with Crippen LogP contribution in [0.2, 0.25) is 0 Å². The summed E-state index contributed by atoms with van der Waals surface area (Å²) in [5.41, 5.74) is 0. The number of aliphatic hydroxyl groups excluding tert-OH is 2. The van der Waals surface area contributed by atoms with Crippen molar-refractivity contribution in [2.45, 2.75) is 77.7 Å². The molecule has 7 nitrogen and oxygen atoms in total. The second-order valence-electron chi connectivity index (χ2n) is 7.39. The van der Waals surface area contributed by atoms with Gasteiger partial charge in [0, 0.05) is 13.1 Å². The first-order chi connectivity index (χ1) is 11.7. The highest BCUT2D eigenvalue weighted by Gasteiger charge is 2.35. The van der Waals surface area contributed by atoms with Crippen LogP contribution in [0.5, 0.6) is 0 Å². The van der Waals surface area contributed by atoms with Crippen LogP contribution in [0.25, 0.3) is 0 Å². The first-order valence-corrected chi connectivity index (χ1v) is 9.43. The van der Waals surface area contributed by atoms with E-state index in [0.717, 1.165) is 25.8 Å². The summed E-state index contributed by atoms with van der Waals surface area (Å²) in [6, 6.07) is -0.892. The molecule has 0 aromatic rings. The number of hydrogen-bond acceptors (Lipinski definition) is 5. The molecule has 1 rings (SSSR count). The fourth-order valence-electron chi connectivity index (χ4n) is 3.17. The van der Waals surface area contributed by atoms with Gasteiger partial charge in [-0.3, -0.25) is 14.5 Å². The van der Waals surface area contributed by atoms with Crippen molar-refractivity contribution in [3.63, 3.8) is 0 Å². The molecule has 0 bridgehead atoms. The van der Waals surface area contributed by atoms with E-state index in [-0.39, 0.29) is 17.7 Å². The third-order valence-electron chi connectivity index (χ3n) is 4.69. The molecule has 4 N–H and O–H groups in total. The van der Waals surface area contributed by atoms with E-state index in [4.69, 9.17) is 0 Å². The molecule has 0 saturated carbocycles. The predicted molar refractivity (Wildman–Crippen MR) is 97.0 cm³/mol. The first kappa shape index (κ1) is 21.9. The van der Waals surface area contributed by atoms with E-state index in [1.165, 1.54) is 0 Å². The normalized spacial score (nSPS) is 24.6. The zero-order chi connectivity index (χ0) is 19.0. The van der Waals surface area contributed by atoms with Gasteiger partial charge in [-0.1, -0.05) is 20.3 Å². The Kier molecular flexibility index (Phi) is 9.38. The molecular weight excluding hydrogens is 322 g/mol. The highest BCUT2D eigenvalue weighted by molar-refractivity contribution is 5.97. The summed E-state index contributed by atoms with van der Waals surface area (Å²) in [6.45, 7) is 9.19. The number of piperazine rings is 1. The molecule has 1 saturated heterocycles. The monoisotopic (exact) mass is 357 g/mol. The van der Waals surface area contributed by atoms with Crippen molar-refractivity contribution in [2.24, 2.45) is 5.92 Å². The van der Waals surface area contributed by atoms with Gasteiger partial charge in [-0.2, -0.15) is 0 Å². The molecule has 5 atom stereocenters. The van der Waals surface area contributed by atoms with Crippen molar-refractivity contribution in [1.82, 2.24) is 15.5 Å². The van der Waals surface area contributed by atoms with Crippen molar-refractivity contribution in [1.29, 1.82) is 0 Å². The number of unbranched alkanes of at least 4 members (excludes halogenated alkanes) is 1. The summed E-state index contributed by atoms with van der Waals surface area (Å²) in [5.74, 6) is -0.0714. The Hall–Kier alpha value is -1.18. The highest BCUT2D eigenvalue weighted by Crippen LogP contribution is 2.14. The van der Waals surface area contributed by atoms with E-state index in [2.05, 4.69) is 10.6 Å². The molecule has 0 aliphatic carbocycles. The van der Waals surface area contributed by atoms with Crippen LogP contribution in [-0.2, 0) is 9.59 Å². The maximum atomic E-state index is 12.2. The lowest BCUT2D eigenvalue weighted by Gasteiger charge is -2.32. The Morgan fingerprint density at radius 2 is 1.60 bits per heavy atom. The number of nitrogens with one attached hydrogen (secondary N) is 2. The topological polar surface area (TPSA) is 102 Å². The van der Waals surface area contributed by atoms with Crippen LogP contribution in [0.3, 0.4) is 0 Å². The van der Waals surface area contributed by atoms with Crippen LogP contribution in [0.1, 0.15) is 53.4 Å². The molecule has 1 heterocycles. The molecule has 0 radical (unpaired) electrons. The Balaban J connectivity index is 2.38. The second-order valence-corrected chi connectivity index (χ2v) is 7.39. The minimum atomic E-state index is -0.463. The van der Waals surface area contributed by atoms with Gasteiger partial charge in [-0.25, -0.2) is 0 Å². The number of aliphatic hydroxyl groups is 2. The molecule has 1 fully saturated rings. The van der Waals surface area contributed by atoms with E-state index in [1.807, 2.05) is 18.7 Å². The molecule has 146 valence electrons. The van der Waals surface area contributed by atoms with Crippen LogP contribution in [0, 0.1) is 5.92 Å². The lowest BCUT2D eigenvalue weighted by molar-refractivity contribution is -0.138. The maximum absolute atomic E-state index is 12.2. The summed E-state index contributed by atoms with van der Waals surface area (Å²) < 4.78 is 0. The Morgan fingerprint density at radius 1 is 1.00 bits per heavy atom. The minimum absolute atomic E-state index is 0.0937. The standard InChI is InChI=1S/C18H35N3O4/c1-5-12(2)16-18(25)19-15(17(24)20-16)8-6-7-9-21(10-13(3)22)11-14(4)23/h12-16,22-23H,5-11H2,1-4H3,(H,19,25)(H,20,24). The quantitative estimate of drug-likeness (QED) is 0.397. The third kappa shape index (κ3) is 7.71. The lowest BCUT2D eigenvalue weighted by atomic mass is 9.94. The van der Waals surface area contributed by atoms with Crippen LogP contribution in [0.4, 0.5) is 0 Å². The molecule has 1 aliphatic rings. The molecule has 0 spiro atoms. The third-order valence-corrected chi connectivity index (χ3v) is 4.69. The largest absolute Gasteiger partial charge is 0.392 e. The van der Waals surface area contributed by atoms with Gasteiger partial charge in [-0.15, -0.1) is 0 Å². The minimum Gasteiger partial charge on any atom is -0.392 e. The number of hydrogen-bond donors (Lipinski definition) is 4. The van der Waals surface area contributed by atoms with Gasteiger partial charge in [0.1, 0.15) is 12.1 Å². The Bertz CT molecular complexity index is 419. The molecule has 5 unspecified atom stereocenters. The maximum Gasteiger partial charge on any atom is 0.243 e. The van der Waals surface area contributed by atoms with Gasteiger partial charge in [0.15, 0.2) is 0 Å². The number of carbonyl (C=O) groups is 2. The molecule has 0 aromatic carbocycles. The fourth-order valence-corrected chi connectivity index (χ4v) is 3.17. The smallest absolute Gasteiger partial charge is 0.243 e. The molecule has 7 heteroatoms. The fraction of sp³-hybridized carbons (Fsp3) is 0.889. The molecule has 1 aliphatic heterocycles.